The number of carbonyl (C=O) groups excluding carboxylic acids is 1. The molecule has 0 aliphatic carbocycles. The van der Waals surface area contributed by atoms with Gasteiger partial charge in [0.1, 0.15) is 5.82 Å². The zero-order valence-electron chi connectivity index (χ0n) is 11.7. The van der Waals surface area contributed by atoms with Crippen LogP contribution in [0.1, 0.15) is 19.3 Å². The lowest BCUT2D eigenvalue weighted by Gasteiger charge is -2.20. The van der Waals surface area contributed by atoms with Crippen molar-refractivity contribution < 1.29 is 13.6 Å². The van der Waals surface area contributed by atoms with Gasteiger partial charge in [-0.05, 0) is 34.5 Å². The first-order valence-corrected chi connectivity index (χ1v) is 7.81. The van der Waals surface area contributed by atoms with Gasteiger partial charge >= 0.3 is 6.03 Å². The Labute approximate surface area is 134 Å². The summed E-state index contributed by atoms with van der Waals surface area (Å²) in [7, 11) is 0. The molecule has 0 spiro atoms. The summed E-state index contributed by atoms with van der Waals surface area (Å²) in [6, 6.07) is 3.30. The van der Waals surface area contributed by atoms with E-state index in [1.807, 2.05) is 12.1 Å². The van der Waals surface area contributed by atoms with E-state index in [4.69, 9.17) is 0 Å². The molecular formula is C14H15BrF2N4O. The van der Waals surface area contributed by atoms with E-state index < -0.39 is 5.92 Å². The molecule has 1 aliphatic heterocycles. The Hall–Kier alpha value is -1.70. The number of likely N-dealkylation sites (tertiary alicyclic amines) is 1. The van der Waals surface area contributed by atoms with Crippen molar-refractivity contribution in [2.75, 3.05) is 18.4 Å². The normalized spacial score (nSPS) is 18.2. The third kappa shape index (κ3) is 3.06. The summed E-state index contributed by atoms with van der Waals surface area (Å²) in [5.41, 5.74) is 0.681. The van der Waals surface area contributed by atoms with Crippen LogP contribution in [0.2, 0.25) is 0 Å². The quantitative estimate of drug-likeness (QED) is 0.828. The van der Waals surface area contributed by atoms with Crippen LogP contribution in [0.25, 0.3) is 5.65 Å². The Morgan fingerprint density at radius 1 is 1.36 bits per heavy atom. The molecular weight excluding hydrogens is 358 g/mol. The van der Waals surface area contributed by atoms with E-state index >= 15 is 0 Å². The molecule has 1 fully saturated rings. The second-order valence-corrected chi connectivity index (χ2v) is 6.17. The second kappa shape index (κ2) is 5.83. The topological polar surface area (TPSA) is 49.6 Å². The number of aromatic nitrogens is 2. The maximum atomic E-state index is 13.4. The molecule has 0 unspecified atom stereocenters. The van der Waals surface area contributed by atoms with Gasteiger partial charge in [-0.2, -0.15) is 0 Å². The van der Waals surface area contributed by atoms with Crippen LogP contribution in [0.4, 0.5) is 19.4 Å². The molecule has 3 rings (SSSR count). The van der Waals surface area contributed by atoms with Crippen molar-refractivity contribution in [1.29, 1.82) is 0 Å². The molecule has 118 valence electrons. The largest absolute Gasteiger partial charge is 0.324 e. The number of hydrogen-bond acceptors (Lipinski definition) is 2. The molecule has 1 aliphatic rings. The molecule has 0 aromatic carbocycles. The number of urea groups is 1. The number of rotatable bonds is 1. The molecule has 5 nitrogen and oxygen atoms in total. The fraction of sp³-hybridized carbons (Fsp3) is 0.429. The lowest BCUT2D eigenvalue weighted by atomic mass is 10.1. The highest BCUT2D eigenvalue weighted by Crippen LogP contribution is 2.28. The molecule has 22 heavy (non-hydrogen) atoms. The fourth-order valence-electron chi connectivity index (χ4n) is 2.52. The van der Waals surface area contributed by atoms with Gasteiger partial charge in [0, 0.05) is 32.1 Å². The molecule has 2 amide bonds. The Morgan fingerprint density at radius 2 is 2.18 bits per heavy atom. The van der Waals surface area contributed by atoms with Gasteiger partial charge in [-0.25, -0.2) is 18.6 Å². The summed E-state index contributed by atoms with van der Waals surface area (Å²) >= 11 is 3.39. The van der Waals surface area contributed by atoms with Gasteiger partial charge in [-0.15, -0.1) is 0 Å². The maximum absolute atomic E-state index is 13.4. The number of hydrogen-bond donors (Lipinski definition) is 1. The summed E-state index contributed by atoms with van der Waals surface area (Å²) in [6.45, 7) is 0.390. The van der Waals surface area contributed by atoms with Gasteiger partial charge < -0.3 is 4.90 Å². The summed E-state index contributed by atoms with van der Waals surface area (Å²) in [6.07, 6.45) is 3.17. The number of imidazole rings is 1. The molecule has 2 aromatic heterocycles. The van der Waals surface area contributed by atoms with Crippen LogP contribution in [0.3, 0.4) is 0 Å². The minimum atomic E-state index is -2.68. The van der Waals surface area contributed by atoms with E-state index in [1.54, 1.807) is 16.8 Å². The van der Waals surface area contributed by atoms with E-state index in [9.17, 15) is 13.6 Å². The summed E-state index contributed by atoms with van der Waals surface area (Å²) in [5.74, 6) is -2.17. The fourth-order valence-corrected chi connectivity index (χ4v) is 2.97. The third-order valence-electron chi connectivity index (χ3n) is 3.73. The summed E-state index contributed by atoms with van der Waals surface area (Å²) in [4.78, 5) is 17.9. The molecule has 0 saturated carbocycles. The van der Waals surface area contributed by atoms with Crippen molar-refractivity contribution in [2.45, 2.75) is 25.2 Å². The standard InChI is InChI=1S/C14H15BrF2N4O/c15-10-3-1-7-21-11(9-18-12(10)21)19-13(22)20-6-2-4-14(16,17)5-8-20/h1,3,7,9H,2,4-6,8H2,(H,19,22). The average molecular weight is 373 g/mol. The van der Waals surface area contributed by atoms with Gasteiger partial charge in [0.15, 0.2) is 5.65 Å². The van der Waals surface area contributed by atoms with Crippen molar-refractivity contribution in [3.63, 3.8) is 0 Å². The molecule has 8 heteroatoms. The van der Waals surface area contributed by atoms with Crippen molar-refractivity contribution in [3.8, 4) is 0 Å². The van der Waals surface area contributed by atoms with E-state index in [0.29, 0.717) is 24.4 Å². The van der Waals surface area contributed by atoms with E-state index in [-0.39, 0.29) is 25.4 Å². The Morgan fingerprint density at radius 3 is 3.00 bits per heavy atom. The molecule has 1 saturated heterocycles. The number of nitrogens with one attached hydrogen (secondary N) is 1. The number of alkyl halides is 2. The lowest BCUT2D eigenvalue weighted by Crippen LogP contribution is -2.36. The number of fused-ring (bicyclic) bond motifs is 1. The summed E-state index contributed by atoms with van der Waals surface area (Å²) < 4.78 is 29.2. The number of anilines is 1. The van der Waals surface area contributed by atoms with Gasteiger partial charge in [0.05, 0.1) is 10.7 Å². The molecule has 1 N–H and O–H groups in total. The minimum absolute atomic E-state index is 0.0548. The highest BCUT2D eigenvalue weighted by Gasteiger charge is 2.33. The number of halogens is 3. The van der Waals surface area contributed by atoms with Crippen LogP contribution < -0.4 is 5.32 Å². The maximum Gasteiger partial charge on any atom is 0.323 e. The first kappa shape index (κ1) is 15.2. The van der Waals surface area contributed by atoms with Crippen molar-refractivity contribution in [2.24, 2.45) is 0 Å². The van der Waals surface area contributed by atoms with Crippen molar-refractivity contribution >= 4 is 33.4 Å². The predicted molar refractivity (Wildman–Crippen MR) is 82.3 cm³/mol. The van der Waals surface area contributed by atoms with Crippen LogP contribution in [-0.4, -0.2) is 39.3 Å². The SMILES string of the molecule is O=C(Nc1cnc2c(Br)cccn12)N1CCCC(F)(F)CC1. The van der Waals surface area contributed by atoms with Crippen LogP contribution in [0.5, 0.6) is 0 Å². The predicted octanol–water partition coefficient (Wildman–Crippen LogP) is 3.75. The number of nitrogens with zero attached hydrogens (tertiary/aromatic N) is 3. The number of amides is 2. The van der Waals surface area contributed by atoms with Crippen LogP contribution in [0, 0.1) is 0 Å². The monoisotopic (exact) mass is 372 g/mol. The van der Waals surface area contributed by atoms with E-state index in [1.165, 1.54) is 4.90 Å². The van der Waals surface area contributed by atoms with Gasteiger partial charge in [-0.1, -0.05) is 0 Å². The Balaban J connectivity index is 1.74. The first-order valence-electron chi connectivity index (χ1n) is 7.02. The number of carbonyl (C=O) groups is 1. The second-order valence-electron chi connectivity index (χ2n) is 5.32. The third-order valence-corrected chi connectivity index (χ3v) is 4.35. The minimum Gasteiger partial charge on any atom is -0.324 e. The number of pyridine rings is 1. The highest BCUT2D eigenvalue weighted by molar-refractivity contribution is 9.10. The molecule has 0 atom stereocenters. The molecule has 2 aromatic rings. The average Bonchev–Trinajstić information content (AvgIpc) is 2.77. The van der Waals surface area contributed by atoms with Gasteiger partial charge in [-0.3, -0.25) is 9.72 Å². The van der Waals surface area contributed by atoms with Crippen molar-refractivity contribution in [1.82, 2.24) is 14.3 Å². The zero-order valence-corrected chi connectivity index (χ0v) is 13.3. The van der Waals surface area contributed by atoms with Gasteiger partial charge in [0.2, 0.25) is 5.92 Å². The van der Waals surface area contributed by atoms with E-state index in [0.717, 1.165) is 4.47 Å². The zero-order chi connectivity index (χ0) is 15.7. The highest BCUT2D eigenvalue weighted by atomic mass is 79.9. The molecule has 0 radical (unpaired) electrons. The molecule has 0 bridgehead atoms. The first-order chi connectivity index (χ1) is 10.5. The van der Waals surface area contributed by atoms with Crippen LogP contribution in [0.15, 0.2) is 29.0 Å². The molecule has 3 heterocycles. The lowest BCUT2D eigenvalue weighted by molar-refractivity contribution is -0.0121. The Kier molecular flexibility index (Phi) is 4.03. The van der Waals surface area contributed by atoms with Crippen LogP contribution >= 0.6 is 15.9 Å². The van der Waals surface area contributed by atoms with Gasteiger partial charge in [0.25, 0.3) is 0 Å². The van der Waals surface area contributed by atoms with Crippen LogP contribution in [-0.2, 0) is 0 Å². The Bertz CT molecular complexity index is 703. The smallest absolute Gasteiger partial charge is 0.323 e. The summed E-state index contributed by atoms with van der Waals surface area (Å²) in [5, 5.41) is 2.74. The van der Waals surface area contributed by atoms with E-state index in [2.05, 4.69) is 26.2 Å². The van der Waals surface area contributed by atoms with Crippen molar-refractivity contribution in [3.05, 3.63) is 29.0 Å².